The third kappa shape index (κ3) is 3.97. The molecular weight excluding hydrogens is 288 g/mol. The zero-order valence-electron chi connectivity index (χ0n) is 13.6. The number of aliphatic hydroxyl groups is 1. The highest BCUT2D eigenvalue weighted by Crippen LogP contribution is 2.37. The van der Waals surface area contributed by atoms with E-state index >= 15 is 0 Å². The lowest BCUT2D eigenvalue weighted by Gasteiger charge is -2.41. The molecule has 2 fully saturated rings. The van der Waals surface area contributed by atoms with E-state index in [0.717, 1.165) is 38.5 Å². The first-order valence-corrected chi connectivity index (χ1v) is 9.50. The van der Waals surface area contributed by atoms with Crippen molar-refractivity contribution in [2.45, 2.75) is 58.4 Å². The van der Waals surface area contributed by atoms with Gasteiger partial charge in [-0.25, -0.2) is 0 Å². The van der Waals surface area contributed by atoms with Crippen LogP contribution >= 0.6 is 0 Å². The first-order chi connectivity index (χ1) is 9.76. The third-order valence-electron chi connectivity index (χ3n) is 5.25. The maximum atomic E-state index is 12.8. The van der Waals surface area contributed by atoms with Crippen molar-refractivity contribution in [2.75, 3.05) is 26.7 Å². The summed E-state index contributed by atoms with van der Waals surface area (Å²) in [7, 11) is -1.66. The standard InChI is InChI=1S/C15H30N2O3S/c1-15(2)8-6-14(7-9-15)16(3)21(19,20)17-10-4-5-13(11-17)12-18/h13-14,18H,4-12H2,1-3H3. The van der Waals surface area contributed by atoms with Gasteiger partial charge >= 0.3 is 0 Å². The summed E-state index contributed by atoms with van der Waals surface area (Å²) in [6, 6.07) is 0.123. The van der Waals surface area contributed by atoms with Crippen molar-refractivity contribution in [1.29, 1.82) is 0 Å². The lowest BCUT2D eigenvalue weighted by atomic mass is 9.76. The Morgan fingerprint density at radius 2 is 1.86 bits per heavy atom. The first-order valence-electron chi connectivity index (χ1n) is 8.10. The predicted molar refractivity (Wildman–Crippen MR) is 84.1 cm³/mol. The normalized spacial score (nSPS) is 28.9. The average molecular weight is 318 g/mol. The molecule has 2 rings (SSSR count). The van der Waals surface area contributed by atoms with E-state index in [1.54, 1.807) is 15.7 Å². The summed E-state index contributed by atoms with van der Waals surface area (Å²) in [6.45, 7) is 5.64. The lowest BCUT2D eigenvalue weighted by Crippen LogP contribution is -2.51. The number of piperidine rings is 1. The summed E-state index contributed by atoms with van der Waals surface area (Å²) in [5, 5.41) is 9.28. The van der Waals surface area contributed by atoms with Gasteiger partial charge in [0.25, 0.3) is 10.2 Å². The molecule has 1 saturated heterocycles. The summed E-state index contributed by atoms with van der Waals surface area (Å²) in [4.78, 5) is 0. The van der Waals surface area contributed by atoms with Crippen molar-refractivity contribution < 1.29 is 13.5 Å². The van der Waals surface area contributed by atoms with Crippen LogP contribution in [-0.4, -0.2) is 54.9 Å². The Balaban J connectivity index is 2.01. The molecule has 0 aromatic carbocycles. The monoisotopic (exact) mass is 318 g/mol. The van der Waals surface area contributed by atoms with Crippen LogP contribution in [0.25, 0.3) is 0 Å². The molecule has 1 aliphatic carbocycles. The highest BCUT2D eigenvalue weighted by Gasteiger charge is 2.37. The van der Waals surface area contributed by atoms with Gasteiger partial charge in [0.05, 0.1) is 0 Å². The van der Waals surface area contributed by atoms with Crippen LogP contribution in [0.15, 0.2) is 0 Å². The van der Waals surface area contributed by atoms with Crippen LogP contribution in [0.4, 0.5) is 0 Å². The highest BCUT2D eigenvalue weighted by molar-refractivity contribution is 7.86. The van der Waals surface area contributed by atoms with Crippen molar-refractivity contribution in [2.24, 2.45) is 11.3 Å². The molecule has 6 heteroatoms. The minimum absolute atomic E-state index is 0.0767. The van der Waals surface area contributed by atoms with Gasteiger partial charge in [-0.3, -0.25) is 0 Å². The Kier molecular flexibility index (Phi) is 5.34. The predicted octanol–water partition coefficient (Wildman–Crippen LogP) is 1.84. The first kappa shape index (κ1) is 17.2. The van der Waals surface area contributed by atoms with Crippen molar-refractivity contribution >= 4 is 10.2 Å². The van der Waals surface area contributed by atoms with Crippen LogP contribution in [0.1, 0.15) is 52.4 Å². The maximum Gasteiger partial charge on any atom is 0.281 e. The van der Waals surface area contributed by atoms with E-state index in [1.807, 2.05) is 0 Å². The van der Waals surface area contributed by atoms with Crippen LogP contribution in [0.2, 0.25) is 0 Å². The number of rotatable bonds is 4. The Morgan fingerprint density at radius 1 is 1.24 bits per heavy atom. The molecule has 1 heterocycles. The average Bonchev–Trinajstić information content (AvgIpc) is 2.46. The van der Waals surface area contributed by atoms with Crippen LogP contribution in [0, 0.1) is 11.3 Å². The second kappa shape index (κ2) is 6.52. The molecule has 0 radical (unpaired) electrons. The molecule has 21 heavy (non-hydrogen) atoms. The van der Waals surface area contributed by atoms with Gasteiger partial charge in [-0.05, 0) is 49.9 Å². The Hall–Kier alpha value is -0.170. The van der Waals surface area contributed by atoms with E-state index in [0.29, 0.717) is 18.5 Å². The Morgan fingerprint density at radius 3 is 2.43 bits per heavy atom. The topological polar surface area (TPSA) is 60.9 Å². The summed E-state index contributed by atoms with van der Waals surface area (Å²) >= 11 is 0. The second-order valence-electron chi connectivity index (χ2n) is 7.47. The minimum atomic E-state index is -3.39. The fraction of sp³-hybridized carbons (Fsp3) is 1.00. The molecular formula is C15H30N2O3S. The van der Waals surface area contributed by atoms with Crippen LogP contribution < -0.4 is 0 Å². The molecule has 0 spiro atoms. The molecule has 1 N–H and O–H groups in total. The van der Waals surface area contributed by atoms with E-state index in [1.165, 1.54) is 0 Å². The van der Waals surface area contributed by atoms with Gasteiger partial charge in [0, 0.05) is 32.8 Å². The molecule has 124 valence electrons. The van der Waals surface area contributed by atoms with Gasteiger partial charge in [0.15, 0.2) is 0 Å². The molecule has 0 aromatic rings. The Labute approximate surface area is 129 Å². The van der Waals surface area contributed by atoms with Gasteiger partial charge in [0.1, 0.15) is 0 Å². The minimum Gasteiger partial charge on any atom is -0.396 e. The zero-order chi connectivity index (χ0) is 15.7. The zero-order valence-corrected chi connectivity index (χ0v) is 14.4. The molecule has 1 aliphatic heterocycles. The molecule has 2 aliphatic rings. The van der Waals surface area contributed by atoms with Gasteiger partial charge < -0.3 is 5.11 Å². The summed E-state index contributed by atoms with van der Waals surface area (Å²) < 4.78 is 28.7. The molecule has 5 nitrogen and oxygen atoms in total. The van der Waals surface area contributed by atoms with E-state index in [2.05, 4.69) is 13.8 Å². The van der Waals surface area contributed by atoms with Crippen molar-refractivity contribution in [3.05, 3.63) is 0 Å². The second-order valence-corrected chi connectivity index (χ2v) is 9.46. The number of hydrogen-bond acceptors (Lipinski definition) is 3. The van der Waals surface area contributed by atoms with Crippen molar-refractivity contribution in [1.82, 2.24) is 8.61 Å². The molecule has 1 atom stereocenters. The van der Waals surface area contributed by atoms with E-state index < -0.39 is 10.2 Å². The highest BCUT2D eigenvalue weighted by atomic mass is 32.2. The smallest absolute Gasteiger partial charge is 0.281 e. The molecule has 1 unspecified atom stereocenters. The fourth-order valence-corrected chi connectivity index (χ4v) is 5.21. The number of nitrogens with zero attached hydrogens (tertiary/aromatic N) is 2. The largest absolute Gasteiger partial charge is 0.396 e. The van der Waals surface area contributed by atoms with Crippen molar-refractivity contribution in [3.63, 3.8) is 0 Å². The van der Waals surface area contributed by atoms with Crippen LogP contribution in [0.3, 0.4) is 0 Å². The summed E-state index contributed by atoms with van der Waals surface area (Å²) in [6.07, 6.45) is 5.81. The van der Waals surface area contributed by atoms with Gasteiger partial charge in [-0.15, -0.1) is 0 Å². The number of hydrogen-bond donors (Lipinski definition) is 1. The third-order valence-corrected chi connectivity index (χ3v) is 7.26. The van der Waals surface area contributed by atoms with Gasteiger partial charge in [0.2, 0.25) is 0 Å². The van der Waals surface area contributed by atoms with Crippen LogP contribution in [0.5, 0.6) is 0 Å². The van der Waals surface area contributed by atoms with E-state index in [4.69, 9.17) is 0 Å². The quantitative estimate of drug-likeness (QED) is 0.860. The maximum absolute atomic E-state index is 12.8. The van der Waals surface area contributed by atoms with Gasteiger partial charge in [-0.1, -0.05) is 13.8 Å². The molecule has 0 aromatic heterocycles. The van der Waals surface area contributed by atoms with Crippen LogP contribution in [-0.2, 0) is 10.2 Å². The molecule has 0 amide bonds. The van der Waals surface area contributed by atoms with Crippen molar-refractivity contribution in [3.8, 4) is 0 Å². The SMILES string of the molecule is CN(C1CCC(C)(C)CC1)S(=O)(=O)N1CCCC(CO)C1. The van der Waals surface area contributed by atoms with E-state index in [-0.39, 0.29) is 18.6 Å². The van der Waals surface area contributed by atoms with E-state index in [9.17, 15) is 13.5 Å². The Bertz CT molecular complexity index is 440. The summed E-state index contributed by atoms with van der Waals surface area (Å²) in [5.74, 6) is 0.0900. The number of aliphatic hydroxyl groups excluding tert-OH is 1. The lowest BCUT2D eigenvalue weighted by molar-refractivity contribution is 0.147. The summed E-state index contributed by atoms with van der Waals surface area (Å²) in [5.41, 5.74) is 0.341. The van der Waals surface area contributed by atoms with Gasteiger partial charge in [-0.2, -0.15) is 17.0 Å². The fourth-order valence-electron chi connectivity index (χ4n) is 3.50. The molecule has 0 bridgehead atoms. The molecule has 1 saturated carbocycles.